The van der Waals surface area contributed by atoms with Gasteiger partial charge in [-0.15, -0.1) is 0 Å². The number of rotatable bonds is 4. The van der Waals surface area contributed by atoms with Crippen molar-refractivity contribution >= 4 is 5.91 Å². The fraction of sp³-hybridized carbons (Fsp3) is 0.200. The molecule has 0 radical (unpaired) electrons. The second-order valence-corrected chi connectivity index (χ2v) is 3.16. The number of aromatic amines is 1. The summed E-state index contributed by atoms with van der Waals surface area (Å²) in [4.78, 5) is 25.7. The Labute approximate surface area is 97.3 Å². The van der Waals surface area contributed by atoms with E-state index in [4.69, 9.17) is 4.74 Å². The Bertz CT molecular complexity index is 496. The summed E-state index contributed by atoms with van der Waals surface area (Å²) in [7, 11) is 1.54. The van der Waals surface area contributed by atoms with Crippen LogP contribution in [0.1, 0.15) is 0 Å². The van der Waals surface area contributed by atoms with Crippen molar-refractivity contribution in [2.24, 2.45) is 0 Å². The highest BCUT2D eigenvalue weighted by Crippen LogP contribution is 2.15. The minimum Gasteiger partial charge on any atom is -0.455 e. The molecule has 17 heavy (non-hydrogen) atoms. The first-order valence-electron chi connectivity index (χ1n) is 4.94. The van der Waals surface area contributed by atoms with Crippen LogP contribution in [0.15, 0.2) is 24.8 Å². The summed E-state index contributed by atoms with van der Waals surface area (Å²) in [6, 6.07) is 2.03. The van der Waals surface area contributed by atoms with Crippen LogP contribution in [0.2, 0.25) is 0 Å². The molecule has 2 heterocycles. The molecule has 0 aliphatic heterocycles. The number of ether oxygens (including phenoxy) is 1. The van der Waals surface area contributed by atoms with Crippen molar-refractivity contribution in [3.05, 3.63) is 24.8 Å². The van der Waals surface area contributed by atoms with Gasteiger partial charge in [-0.3, -0.25) is 4.79 Å². The maximum atomic E-state index is 11.0. The molecule has 88 valence electrons. The maximum Gasteiger partial charge on any atom is 0.294 e. The van der Waals surface area contributed by atoms with Crippen LogP contribution in [0.25, 0.3) is 11.4 Å². The van der Waals surface area contributed by atoms with Crippen LogP contribution in [0, 0.1) is 0 Å². The fourth-order valence-corrected chi connectivity index (χ4v) is 1.16. The van der Waals surface area contributed by atoms with E-state index in [1.807, 2.05) is 0 Å². The first-order chi connectivity index (χ1) is 8.29. The predicted molar refractivity (Wildman–Crippen MR) is 59.2 cm³/mol. The molecule has 0 bridgehead atoms. The van der Waals surface area contributed by atoms with E-state index in [1.165, 1.54) is 6.33 Å². The number of nitrogens with zero attached hydrogens (tertiary/aromatic N) is 3. The number of imidazole rings is 1. The van der Waals surface area contributed by atoms with Crippen LogP contribution in [-0.2, 0) is 4.79 Å². The van der Waals surface area contributed by atoms with Gasteiger partial charge in [0.05, 0.1) is 17.6 Å². The van der Waals surface area contributed by atoms with Gasteiger partial charge in [0, 0.05) is 13.2 Å². The van der Waals surface area contributed by atoms with Crippen molar-refractivity contribution in [3.63, 3.8) is 0 Å². The second-order valence-electron chi connectivity index (χ2n) is 3.16. The summed E-state index contributed by atoms with van der Waals surface area (Å²) in [6.07, 6.45) is 4.66. The molecule has 0 spiro atoms. The van der Waals surface area contributed by atoms with Gasteiger partial charge in [-0.05, 0) is 6.07 Å². The molecule has 0 atom stereocenters. The van der Waals surface area contributed by atoms with Crippen LogP contribution in [0.3, 0.4) is 0 Å². The zero-order valence-corrected chi connectivity index (χ0v) is 9.17. The summed E-state index contributed by atoms with van der Waals surface area (Å²) in [5.74, 6) is -0.218. The van der Waals surface area contributed by atoms with Crippen LogP contribution in [0.5, 0.6) is 6.01 Å². The number of H-pyrrole nitrogens is 1. The highest BCUT2D eigenvalue weighted by Gasteiger charge is 2.06. The number of hydrogen-bond donors (Lipinski definition) is 2. The summed E-state index contributed by atoms with van der Waals surface area (Å²) in [6.45, 7) is -0.0762. The van der Waals surface area contributed by atoms with Crippen molar-refractivity contribution in [1.29, 1.82) is 0 Å². The molecule has 2 N–H and O–H groups in total. The van der Waals surface area contributed by atoms with Crippen molar-refractivity contribution in [2.45, 2.75) is 0 Å². The number of hydrogen-bond acceptors (Lipinski definition) is 5. The van der Waals surface area contributed by atoms with Crippen molar-refractivity contribution in [2.75, 3.05) is 13.7 Å². The largest absolute Gasteiger partial charge is 0.455 e. The van der Waals surface area contributed by atoms with Gasteiger partial charge in [-0.1, -0.05) is 0 Å². The molecule has 0 aromatic carbocycles. The molecular formula is C10H11N5O2. The van der Waals surface area contributed by atoms with Gasteiger partial charge in [0.2, 0.25) is 0 Å². The fourth-order valence-electron chi connectivity index (χ4n) is 1.16. The first-order valence-corrected chi connectivity index (χ1v) is 4.94. The average Bonchev–Trinajstić information content (AvgIpc) is 2.86. The number of likely N-dealkylation sites (N-methyl/N-ethyl adjacent to an activating group) is 1. The second kappa shape index (κ2) is 5.06. The topological polar surface area (TPSA) is 92.8 Å². The minimum atomic E-state index is -0.218. The molecule has 0 unspecified atom stereocenters. The van der Waals surface area contributed by atoms with Crippen molar-refractivity contribution in [1.82, 2.24) is 25.3 Å². The summed E-state index contributed by atoms with van der Waals surface area (Å²) < 4.78 is 5.14. The molecule has 2 aromatic heterocycles. The molecule has 1 amide bonds. The van der Waals surface area contributed by atoms with E-state index in [-0.39, 0.29) is 18.5 Å². The van der Waals surface area contributed by atoms with E-state index in [9.17, 15) is 4.79 Å². The van der Waals surface area contributed by atoms with E-state index < -0.39 is 0 Å². The third-order valence-electron chi connectivity index (χ3n) is 2.03. The predicted octanol–water partition coefficient (Wildman–Crippen LogP) is -0.00850. The molecule has 7 nitrogen and oxygen atoms in total. The molecule has 0 saturated carbocycles. The van der Waals surface area contributed by atoms with Gasteiger partial charge in [0.15, 0.2) is 6.61 Å². The number of nitrogens with one attached hydrogen (secondary N) is 2. The van der Waals surface area contributed by atoms with Crippen molar-refractivity contribution in [3.8, 4) is 17.4 Å². The van der Waals surface area contributed by atoms with Crippen LogP contribution < -0.4 is 10.1 Å². The Balaban J connectivity index is 2.04. The lowest BCUT2D eigenvalue weighted by atomic mass is 10.3. The molecule has 2 aromatic rings. The Morgan fingerprint density at radius 3 is 3.12 bits per heavy atom. The molecular weight excluding hydrogens is 222 g/mol. The highest BCUT2D eigenvalue weighted by atomic mass is 16.5. The lowest BCUT2D eigenvalue weighted by Crippen LogP contribution is -2.25. The zero-order chi connectivity index (χ0) is 12.1. The smallest absolute Gasteiger partial charge is 0.294 e. The third kappa shape index (κ3) is 2.77. The SMILES string of the molecule is CNC(=O)COc1ncc(-c2ccncn2)[nH]1. The highest BCUT2D eigenvalue weighted by molar-refractivity contribution is 5.77. The molecule has 0 fully saturated rings. The molecule has 7 heteroatoms. The van der Waals surface area contributed by atoms with Crippen LogP contribution in [0.4, 0.5) is 0 Å². The Hall–Kier alpha value is -2.44. The van der Waals surface area contributed by atoms with E-state index >= 15 is 0 Å². The maximum absolute atomic E-state index is 11.0. The Morgan fingerprint density at radius 2 is 2.41 bits per heavy atom. The van der Waals surface area contributed by atoms with Gasteiger partial charge in [-0.2, -0.15) is 0 Å². The Kier molecular flexibility index (Phi) is 3.29. The molecule has 0 aliphatic carbocycles. The van der Waals surface area contributed by atoms with Crippen LogP contribution in [-0.4, -0.2) is 39.5 Å². The normalized spacial score (nSPS) is 9.94. The number of carbonyl (C=O) groups excluding carboxylic acids is 1. The summed E-state index contributed by atoms with van der Waals surface area (Å²) >= 11 is 0. The van der Waals surface area contributed by atoms with Crippen LogP contribution >= 0.6 is 0 Å². The number of amides is 1. The monoisotopic (exact) mass is 233 g/mol. The molecule has 0 aliphatic rings. The van der Waals surface area contributed by atoms with Gasteiger partial charge in [0.1, 0.15) is 6.33 Å². The quantitative estimate of drug-likeness (QED) is 0.774. The minimum absolute atomic E-state index is 0.0762. The van der Waals surface area contributed by atoms with Gasteiger partial charge in [0.25, 0.3) is 11.9 Å². The Morgan fingerprint density at radius 1 is 1.53 bits per heavy atom. The van der Waals surface area contributed by atoms with Gasteiger partial charge in [-0.25, -0.2) is 15.0 Å². The molecule has 0 saturated heterocycles. The first kappa shape index (κ1) is 11.1. The number of aromatic nitrogens is 4. The molecule has 2 rings (SSSR count). The van der Waals surface area contributed by atoms with Gasteiger partial charge >= 0.3 is 0 Å². The standard InChI is InChI=1S/C10H11N5O2/c1-11-9(16)5-17-10-13-4-8(15-10)7-2-3-12-6-14-7/h2-4,6H,5H2,1H3,(H,11,16)(H,13,15). The van der Waals surface area contributed by atoms with E-state index in [0.29, 0.717) is 11.4 Å². The third-order valence-corrected chi connectivity index (χ3v) is 2.03. The summed E-state index contributed by atoms with van der Waals surface area (Å²) in [5, 5.41) is 2.45. The van der Waals surface area contributed by atoms with E-state index in [0.717, 1.165) is 0 Å². The number of carbonyl (C=O) groups is 1. The van der Waals surface area contributed by atoms with E-state index in [1.54, 1.807) is 25.5 Å². The van der Waals surface area contributed by atoms with Gasteiger partial charge < -0.3 is 15.0 Å². The lowest BCUT2D eigenvalue weighted by molar-refractivity contribution is -0.122. The van der Waals surface area contributed by atoms with E-state index in [2.05, 4.69) is 25.3 Å². The zero-order valence-electron chi connectivity index (χ0n) is 9.17. The lowest BCUT2D eigenvalue weighted by Gasteiger charge is -2.00. The average molecular weight is 233 g/mol. The summed E-state index contributed by atoms with van der Waals surface area (Å²) in [5.41, 5.74) is 1.42. The van der Waals surface area contributed by atoms with Crippen molar-refractivity contribution < 1.29 is 9.53 Å².